The molecule has 114 valence electrons. The Hall–Kier alpha value is -1.55. The number of rotatable bonds is 5. The smallest absolute Gasteiger partial charge is 0.251 e. The van der Waals surface area contributed by atoms with Gasteiger partial charge in [0.05, 0.1) is 0 Å². The first kappa shape index (κ1) is 14.4. The fourth-order valence-corrected chi connectivity index (χ4v) is 2.88. The van der Waals surface area contributed by atoms with Crippen molar-refractivity contribution in [3.8, 4) is 0 Å². The molecule has 0 bridgehead atoms. The van der Waals surface area contributed by atoms with Crippen molar-refractivity contribution >= 4 is 11.6 Å². The summed E-state index contributed by atoms with van der Waals surface area (Å²) in [7, 11) is 0. The average Bonchev–Trinajstić information content (AvgIpc) is 3.32. The normalized spacial score (nSPS) is 20.2. The van der Waals surface area contributed by atoms with Crippen molar-refractivity contribution in [1.29, 1.82) is 0 Å². The topological polar surface area (TPSA) is 44.4 Å². The van der Waals surface area contributed by atoms with Gasteiger partial charge in [0.15, 0.2) is 0 Å². The molecule has 1 aliphatic heterocycles. The second-order valence-corrected chi connectivity index (χ2v) is 6.18. The molecule has 3 rings (SSSR count). The molecule has 1 aromatic rings. The minimum Gasteiger partial charge on any atom is -0.382 e. The van der Waals surface area contributed by atoms with Crippen LogP contribution >= 0.6 is 0 Å². The van der Waals surface area contributed by atoms with Crippen molar-refractivity contribution in [2.24, 2.45) is 0 Å². The average molecular weight is 287 g/mol. The molecule has 4 heteroatoms. The van der Waals surface area contributed by atoms with Gasteiger partial charge in [-0.15, -0.1) is 0 Å². The fraction of sp³-hybridized carbons (Fsp3) is 0.588. The van der Waals surface area contributed by atoms with E-state index in [0.29, 0.717) is 12.1 Å². The van der Waals surface area contributed by atoms with Gasteiger partial charge in [-0.05, 0) is 50.4 Å². The summed E-state index contributed by atoms with van der Waals surface area (Å²) in [5.41, 5.74) is 1.83. The third kappa shape index (κ3) is 3.97. The molecule has 0 unspecified atom stereocenters. The largest absolute Gasteiger partial charge is 0.382 e. The van der Waals surface area contributed by atoms with Crippen LogP contribution in [-0.2, 0) is 0 Å². The van der Waals surface area contributed by atoms with Crippen LogP contribution in [0.15, 0.2) is 24.3 Å². The van der Waals surface area contributed by atoms with Crippen LogP contribution in [0.4, 0.5) is 5.69 Å². The molecule has 0 spiro atoms. The van der Waals surface area contributed by atoms with E-state index in [0.717, 1.165) is 43.7 Å². The first-order chi connectivity index (χ1) is 10.2. The van der Waals surface area contributed by atoms with Gasteiger partial charge in [-0.25, -0.2) is 0 Å². The lowest BCUT2D eigenvalue weighted by atomic mass is 10.0. The van der Waals surface area contributed by atoms with Crippen LogP contribution < -0.4 is 10.6 Å². The Morgan fingerprint density at radius 2 is 1.95 bits per heavy atom. The summed E-state index contributed by atoms with van der Waals surface area (Å²) in [6.07, 6.45) is 4.60. The van der Waals surface area contributed by atoms with Crippen LogP contribution in [0.1, 0.15) is 43.0 Å². The highest BCUT2D eigenvalue weighted by Gasteiger charge is 2.24. The van der Waals surface area contributed by atoms with Crippen LogP contribution in [0.2, 0.25) is 0 Å². The van der Waals surface area contributed by atoms with Crippen molar-refractivity contribution in [1.82, 2.24) is 10.2 Å². The number of benzene rings is 1. The van der Waals surface area contributed by atoms with E-state index < -0.39 is 0 Å². The molecule has 21 heavy (non-hydrogen) atoms. The van der Waals surface area contributed by atoms with Gasteiger partial charge in [0, 0.05) is 36.4 Å². The summed E-state index contributed by atoms with van der Waals surface area (Å²) in [5, 5.41) is 6.62. The van der Waals surface area contributed by atoms with E-state index in [2.05, 4.69) is 28.5 Å². The molecule has 2 fully saturated rings. The van der Waals surface area contributed by atoms with Crippen molar-refractivity contribution in [3.63, 3.8) is 0 Å². The minimum absolute atomic E-state index is 0.0574. The Bertz CT molecular complexity index is 491. The molecule has 1 aromatic carbocycles. The highest BCUT2D eigenvalue weighted by atomic mass is 16.1. The van der Waals surface area contributed by atoms with Gasteiger partial charge < -0.3 is 15.5 Å². The number of amides is 1. The summed E-state index contributed by atoms with van der Waals surface area (Å²) in [6.45, 7) is 5.69. The number of carbonyl (C=O) groups excluding carboxylic acids is 1. The summed E-state index contributed by atoms with van der Waals surface area (Å²) >= 11 is 0. The van der Waals surface area contributed by atoms with E-state index in [1.54, 1.807) is 0 Å². The molecule has 1 saturated heterocycles. The highest BCUT2D eigenvalue weighted by molar-refractivity contribution is 5.95. The number of nitrogens with one attached hydrogen (secondary N) is 2. The van der Waals surface area contributed by atoms with Crippen molar-refractivity contribution in [2.45, 2.75) is 44.7 Å². The highest BCUT2D eigenvalue weighted by Crippen LogP contribution is 2.21. The lowest BCUT2D eigenvalue weighted by Crippen LogP contribution is -2.38. The zero-order valence-electron chi connectivity index (χ0n) is 12.8. The van der Waals surface area contributed by atoms with Gasteiger partial charge in [0.25, 0.3) is 5.91 Å². The van der Waals surface area contributed by atoms with Crippen molar-refractivity contribution in [3.05, 3.63) is 29.8 Å². The quantitative estimate of drug-likeness (QED) is 0.874. The molecule has 0 atom stereocenters. The molecule has 1 amide bonds. The molecular weight excluding hydrogens is 262 g/mol. The Morgan fingerprint density at radius 3 is 2.62 bits per heavy atom. The van der Waals surface area contributed by atoms with Gasteiger partial charge in [-0.3, -0.25) is 4.79 Å². The molecule has 1 heterocycles. The van der Waals surface area contributed by atoms with E-state index >= 15 is 0 Å². The van der Waals surface area contributed by atoms with E-state index in [1.807, 2.05) is 18.2 Å². The monoisotopic (exact) mass is 287 g/mol. The predicted molar refractivity (Wildman–Crippen MR) is 85.7 cm³/mol. The summed E-state index contributed by atoms with van der Waals surface area (Å²) in [6, 6.07) is 8.82. The number of hydrogen-bond donors (Lipinski definition) is 2. The number of likely N-dealkylation sites (tertiary alicyclic amines) is 1. The lowest BCUT2D eigenvalue weighted by molar-refractivity contribution is 0.0951. The number of anilines is 1. The summed E-state index contributed by atoms with van der Waals surface area (Å²) in [5.74, 6) is 0.0574. The first-order valence-electron chi connectivity index (χ1n) is 8.14. The summed E-state index contributed by atoms with van der Waals surface area (Å²) < 4.78 is 0. The van der Waals surface area contributed by atoms with Crippen LogP contribution in [-0.4, -0.2) is 42.5 Å². The Balaban J connectivity index is 1.56. The van der Waals surface area contributed by atoms with E-state index in [4.69, 9.17) is 0 Å². The SMILES string of the molecule is CCN1CCC(Nc2cccc(C(=O)NC3CC3)c2)CC1. The third-order valence-corrected chi connectivity index (χ3v) is 4.44. The zero-order chi connectivity index (χ0) is 14.7. The predicted octanol–water partition coefficient (Wildman–Crippen LogP) is 2.48. The molecule has 4 nitrogen and oxygen atoms in total. The maximum absolute atomic E-state index is 12.1. The second kappa shape index (κ2) is 6.48. The molecule has 0 radical (unpaired) electrons. The standard InChI is InChI=1S/C17H25N3O/c1-2-20-10-8-15(9-11-20)18-16-5-3-4-13(12-16)17(21)19-14-6-7-14/h3-5,12,14-15,18H,2,6-11H2,1H3,(H,19,21). The lowest BCUT2D eigenvalue weighted by Gasteiger charge is -2.32. The molecule has 2 N–H and O–H groups in total. The molecule has 1 aliphatic carbocycles. The Morgan fingerprint density at radius 1 is 1.19 bits per heavy atom. The molecule has 2 aliphatic rings. The third-order valence-electron chi connectivity index (χ3n) is 4.44. The van der Waals surface area contributed by atoms with Crippen LogP contribution in [0.25, 0.3) is 0 Å². The molecular formula is C17H25N3O. The fourth-order valence-electron chi connectivity index (χ4n) is 2.88. The van der Waals surface area contributed by atoms with Gasteiger partial charge in [-0.1, -0.05) is 13.0 Å². The zero-order valence-corrected chi connectivity index (χ0v) is 12.8. The van der Waals surface area contributed by atoms with Crippen LogP contribution in [0.3, 0.4) is 0 Å². The van der Waals surface area contributed by atoms with Gasteiger partial charge >= 0.3 is 0 Å². The number of piperidine rings is 1. The second-order valence-electron chi connectivity index (χ2n) is 6.18. The van der Waals surface area contributed by atoms with E-state index in [1.165, 1.54) is 12.8 Å². The van der Waals surface area contributed by atoms with Gasteiger partial charge in [0.1, 0.15) is 0 Å². The number of hydrogen-bond acceptors (Lipinski definition) is 3. The van der Waals surface area contributed by atoms with Crippen LogP contribution in [0, 0.1) is 0 Å². The summed E-state index contributed by atoms with van der Waals surface area (Å²) in [4.78, 5) is 14.6. The van der Waals surface area contributed by atoms with Gasteiger partial charge in [-0.2, -0.15) is 0 Å². The number of nitrogens with zero attached hydrogens (tertiary/aromatic N) is 1. The molecule has 1 saturated carbocycles. The van der Waals surface area contributed by atoms with Crippen molar-refractivity contribution < 1.29 is 4.79 Å². The minimum atomic E-state index is 0.0574. The van der Waals surface area contributed by atoms with Crippen LogP contribution in [0.5, 0.6) is 0 Å². The molecule has 0 aromatic heterocycles. The van der Waals surface area contributed by atoms with Crippen molar-refractivity contribution in [2.75, 3.05) is 25.0 Å². The maximum atomic E-state index is 12.1. The maximum Gasteiger partial charge on any atom is 0.251 e. The number of carbonyl (C=O) groups is 1. The first-order valence-corrected chi connectivity index (χ1v) is 8.14. The van der Waals surface area contributed by atoms with Gasteiger partial charge in [0.2, 0.25) is 0 Å². The van der Waals surface area contributed by atoms with E-state index in [-0.39, 0.29) is 5.91 Å². The van der Waals surface area contributed by atoms with E-state index in [9.17, 15) is 4.79 Å². The Labute approximate surface area is 126 Å². The Kier molecular flexibility index (Phi) is 4.44.